The lowest BCUT2D eigenvalue weighted by Gasteiger charge is -2.32. The molecule has 0 saturated carbocycles. The first kappa shape index (κ1) is 15.9. The number of primary amides is 1. The van der Waals surface area contributed by atoms with Gasteiger partial charge in [0.25, 0.3) is 0 Å². The second-order valence-electron chi connectivity index (χ2n) is 4.68. The van der Waals surface area contributed by atoms with Crippen LogP contribution in [0.5, 0.6) is 0 Å². The van der Waals surface area contributed by atoms with Crippen LogP contribution in [0.2, 0.25) is 0 Å². The average Bonchev–Trinajstić information content (AvgIpc) is 2.27. The van der Waals surface area contributed by atoms with Crippen molar-refractivity contribution in [1.82, 2.24) is 14.9 Å². The van der Waals surface area contributed by atoms with Crippen LogP contribution in [0.15, 0.2) is 0 Å². The summed E-state index contributed by atoms with van der Waals surface area (Å²) < 4.78 is 24.1. The molecule has 8 nitrogen and oxygen atoms in total. The number of piperidine rings is 1. The second kappa shape index (κ2) is 6.31. The Labute approximate surface area is 112 Å². The molecule has 0 aromatic rings. The normalized spacial score (nSPS) is 19.9. The fourth-order valence-corrected chi connectivity index (χ4v) is 2.89. The first-order valence-corrected chi connectivity index (χ1v) is 7.86. The van der Waals surface area contributed by atoms with Crippen LogP contribution in [0.25, 0.3) is 0 Å². The van der Waals surface area contributed by atoms with Gasteiger partial charge in [-0.25, -0.2) is 17.5 Å². The van der Waals surface area contributed by atoms with Crippen LogP contribution in [0.4, 0.5) is 4.79 Å². The third-order valence-electron chi connectivity index (χ3n) is 3.05. The highest BCUT2D eigenvalue weighted by atomic mass is 32.2. The molecule has 19 heavy (non-hydrogen) atoms. The number of carbonyl (C=O) groups excluding carboxylic acids is 2. The lowest BCUT2D eigenvalue weighted by atomic mass is 10.1. The van der Waals surface area contributed by atoms with Crippen molar-refractivity contribution in [3.63, 3.8) is 0 Å². The Morgan fingerprint density at radius 1 is 1.32 bits per heavy atom. The fourth-order valence-electron chi connectivity index (χ4n) is 2.01. The Bertz CT molecular complexity index is 442. The molecular weight excluding hydrogens is 272 g/mol. The van der Waals surface area contributed by atoms with E-state index >= 15 is 0 Å². The molecule has 4 N–H and O–H groups in total. The van der Waals surface area contributed by atoms with E-state index < -0.39 is 28.0 Å². The number of carbonyl (C=O) groups is 2. The molecule has 110 valence electrons. The standard InChI is InChI=1S/C10H20N4O4S/c1-7(9(15)13-10(11)16)12-8-3-5-14(6-4-8)19(2,17)18/h7-8,12H,3-6H2,1-2H3,(H3,11,13,15,16). The van der Waals surface area contributed by atoms with Gasteiger partial charge in [-0.3, -0.25) is 10.1 Å². The quantitative estimate of drug-likeness (QED) is 0.587. The third-order valence-corrected chi connectivity index (χ3v) is 4.35. The predicted molar refractivity (Wildman–Crippen MR) is 69.8 cm³/mol. The number of urea groups is 1. The van der Waals surface area contributed by atoms with Crippen LogP contribution in [-0.4, -0.2) is 56.1 Å². The Hall–Kier alpha value is -1.19. The number of imide groups is 1. The molecule has 1 heterocycles. The highest BCUT2D eigenvalue weighted by molar-refractivity contribution is 7.88. The SMILES string of the molecule is CC(NC1CCN(S(C)(=O)=O)CC1)C(=O)NC(N)=O. The van der Waals surface area contributed by atoms with E-state index in [9.17, 15) is 18.0 Å². The number of amides is 3. The number of hydrogen-bond donors (Lipinski definition) is 3. The zero-order chi connectivity index (χ0) is 14.6. The van der Waals surface area contributed by atoms with E-state index in [4.69, 9.17) is 5.73 Å². The minimum absolute atomic E-state index is 0.0478. The summed E-state index contributed by atoms with van der Waals surface area (Å²) in [6.45, 7) is 2.49. The highest BCUT2D eigenvalue weighted by Crippen LogP contribution is 2.13. The summed E-state index contributed by atoms with van der Waals surface area (Å²) in [4.78, 5) is 22.0. The van der Waals surface area contributed by atoms with Crippen LogP contribution >= 0.6 is 0 Å². The molecule has 0 radical (unpaired) electrons. The number of nitrogens with two attached hydrogens (primary N) is 1. The van der Waals surface area contributed by atoms with Crippen molar-refractivity contribution >= 4 is 22.0 Å². The van der Waals surface area contributed by atoms with Crippen molar-refractivity contribution in [3.8, 4) is 0 Å². The lowest BCUT2D eigenvalue weighted by Crippen LogP contribution is -2.52. The Balaban J connectivity index is 2.41. The Kier molecular flexibility index (Phi) is 5.27. The van der Waals surface area contributed by atoms with Crippen molar-refractivity contribution in [1.29, 1.82) is 0 Å². The molecule has 0 aromatic carbocycles. The number of rotatable bonds is 4. The van der Waals surface area contributed by atoms with E-state index in [2.05, 4.69) is 5.32 Å². The van der Waals surface area contributed by atoms with E-state index in [1.165, 1.54) is 10.6 Å². The van der Waals surface area contributed by atoms with Gasteiger partial charge in [-0.15, -0.1) is 0 Å². The lowest BCUT2D eigenvalue weighted by molar-refractivity contribution is -0.121. The molecule has 1 saturated heterocycles. The van der Waals surface area contributed by atoms with Crippen LogP contribution in [-0.2, 0) is 14.8 Å². The first-order valence-electron chi connectivity index (χ1n) is 6.01. The molecule has 1 unspecified atom stereocenters. The topological polar surface area (TPSA) is 122 Å². The summed E-state index contributed by atoms with van der Waals surface area (Å²) in [7, 11) is -3.14. The van der Waals surface area contributed by atoms with Gasteiger partial charge >= 0.3 is 6.03 Å². The smallest absolute Gasteiger partial charge is 0.318 e. The molecular formula is C10H20N4O4S. The second-order valence-corrected chi connectivity index (χ2v) is 6.66. The van der Waals surface area contributed by atoms with Crippen molar-refractivity contribution in [2.45, 2.75) is 31.8 Å². The Morgan fingerprint density at radius 3 is 2.26 bits per heavy atom. The van der Waals surface area contributed by atoms with Gasteiger partial charge < -0.3 is 11.1 Å². The molecule has 0 aliphatic carbocycles. The molecule has 1 fully saturated rings. The number of nitrogens with one attached hydrogen (secondary N) is 2. The molecule has 0 bridgehead atoms. The van der Waals surface area contributed by atoms with Crippen LogP contribution in [0, 0.1) is 0 Å². The minimum atomic E-state index is -3.14. The fraction of sp³-hybridized carbons (Fsp3) is 0.800. The summed E-state index contributed by atoms with van der Waals surface area (Å²) in [6, 6.07) is -1.39. The van der Waals surface area contributed by atoms with Crippen molar-refractivity contribution in [3.05, 3.63) is 0 Å². The highest BCUT2D eigenvalue weighted by Gasteiger charge is 2.26. The molecule has 0 spiro atoms. The van der Waals surface area contributed by atoms with Gasteiger partial charge in [0, 0.05) is 19.1 Å². The third kappa shape index (κ3) is 5.13. The van der Waals surface area contributed by atoms with Gasteiger partial charge in [-0.05, 0) is 19.8 Å². The van der Waals surface area contributed by atoms with E-state index in [1.54, 1.807) is 6.92 Å². The van der Waals surface area contributed by atoms with Crippen molar-refractivity contribution in [2.75, 3.05) is 19.3 Å². The van der Waals surface area contributed by atoms with Gasteiger partial charge in [-0.2, -0.15) is 0 Å². The van der Waals surface area contributed by atoms with E-state index in [1.807, 2.05) is 5.32 Å². The van der Waals surface area contributed by atoms with E-state index in [0.29, 0.717) is 25.9 Å². The summed E-state index contributed by atoms with van der Waals surface area (Å²) in [5.74, 6) is -0.488. The summed E-state index contributed by atoms with van der Waals surface area (Å²) >= 11 is 0. The van der Waals surface area contributed by atoms with Gasteiger partial charge in [0.2, 0.25) is 15.9 Å². The number of sulfonamides is 1. The van der Waals surface area contributed by atoms with Crippen molar-refractivity contribution < 1.29 is 18.0 Å². The van der Waals surface area contributed by atoms with Crippen LogP contribution in [0.1, 0.15) is 19.8 Å². The number of nitrogens with zero attached hydrogens (tertiary/aromatic N) is 1. The van der Waals surface area contributed by atoms with Gasteiger partial charge in [-0.1, -0.05) is 0 Å². The average molecular weight is 292 g/mol. The van der Waals surface area contributed by atoms with Crippen LogP contribution in [0.3, 0.4) is 0 Å². The summed E-state index contributed by atoms with van der Waals surface area (Å²) in [6.07, 6.45) is 2.44. The molecule has 3 amide bonds. The maximum atomic E-state index is 11.5. The van der Waals surface area contributed by atoms with Gasteiger partial charge in [0.05, 0.1) is 12.3 Å². The van der Waals surface area contributed by atoms with Gasteiger partial charge in [0.15, 0.2) is 0 Å². The maximum absolute atomic E-state index is 11.5. The zero-order valence-electron chi connectivity index (χ0n) is 11.0. The summed E-state index contributed by atoms with van der Waals surface area (Å²) in [5.41, 5.74) is 4.86. The Morgan fingerprint density at radius 2 is 1.84 bits per heavy atom. The van der Waals surface area contributed by atoms with Gasteiger partial charge in [0.1, 0.15) is 0 Å². The zero-order valence-corrected chi connectivity index (χ0v) is 11.9. The largest absolute Gasteiger partial charge is 0.351 e. The molecule has 1 aliphatic heterocycles. The van der Waals surface area contributed by atoms with Crippen LogP contribution < -0.4 is 16.4 Å². The first-order chi connectivity index (χ1) is 8.70. The van der Waals surface area contributed by atoms with E-state index in [-0.39, 0.29) is 6.04 Å². The monoisotopic (exact) mass is 292 g/mol. The number of hydrogen-bond acceptors (Lipinski definition) is 5. The molecule has 1 atom stereocenters. The van der Waals surface area contributed by atoms with Crippen molar-refractivity contribution in [2.24, 2.45) is 5.73 Å². The predicted octanol–water partition coefficient (Wildman–Crippen LogP) is -1.42. The minimum Gasteiger partial charge on any atom is -0.351 e. The molecule has 9 heteroatoms. The maximum Gasteiger partial charge on any atom is 0.318 e. The van der Waals surface area contributed by atoms with E-state index in [0.717, 1.165) is 0 Å². The molecule has 0 aromatic heterocycles. The molecule has 1 rings (SSSR count). The molecule has 1 aliphatic rings. The summed E-state index contributed by atoms with van der Waals surface area (Å²) in [5, 5.41) is 5.05.